The maximum Gasteiger partial charge on any atom is 0.285 e. The second-order valence-electron chi connectivity index (χ2n) is 7.31. The lowest BCUT2D eigenvalue weighted by Gasteiger charge is -2.40. The monoisotopic (exact) mass is 298 g/mol. The molecule has 0 aromatic heterocycles. The summed E-state index contributed by atoms with van der Waals surface area (Å²) in [5, 5.41) is -0.0901. The predicted molar refractivity (Wildman–Crippen MR) is 80.5 cm³/mol. The minimum Gasteiger partial charge on any atom is -0.401 e. The van der Waals surface area contributed by atoms with E-state index < -0.39 is 25.8 Å². The van der Waals surface area contributed by atoms with E-state index in [2.05, 4.69) is 20.8 Å². The average molecular weight is 298 g/mol. The molecule has 1 nitrogen and oxygen atoms in total. The van der Waals surface area contributed by atoms with Crippen molar-refractivity contribution in [3.8, 4) is 0 Å². The highest BCUT2D eigenvalue weighted by molar-refractivity contribution is 6.74. The third kappa shape index (κ3) is 2.04. The fourth-order valence-corrected chi connectivity index (χ4v) is 3.98. The molecule has 1 aromatic rings. The molecule has 1 aliphatic carbocycles. The number of rotatable bonds is 3. The third-order valence-electron chi connectivity index (χ3n) is 4.99. The Morgan fingerprint density at radius 1 is 1.10 bits per heavy atom. The van der Waals surface area contributed by atoms with Gasteiger partial charge in [-0.25, -0.2) is 8.78 Å². The molecule has 1 aromatic carbocycles. The van der Waals surface area contributed by atoms with Crippen LogP contribution in [0.15, 0.2) is 30.3 Å². The lowest BCUT2D eigenvalue weighted by molar-refractivity contribution is 0.0000796. The summed E-state index contributed by atoms with van der Waals surface area (Å²) in [6.45, 7) is 11.9. The van der Waals surface area contributed by atoms with E-state index in [1.807, 2.05) is 19.2 Å². The molecule has 0 aliphatic heterocycles. The van der Waals surface area contributed by atoms with Crippen molar-refractivity contribution in [1.29, 1.82) is 0 Å². The molecule has 1 aliphatic rings. The Kier molecular flexibility index (Phi) is 3.42. The molecule has 2 atom stereocenters. The van der Waals surface area contributed by atoms with Crippen LogP contribution in [0.5, 0.6) is 0 Å². The average Bonchev–Trinajstić information content (AvgIpc) is 2.74. The predicted octanol–water partition coefficient (Wildman–Crippen LogP) is 5.19. The number of alkyl halides is 2. The van der Waals surface area contributed by atoms with E-state index in [-0.39, 0.29) is 5.04 Å². The van der Waals surface area contributed by atoms with Crippen LogP contribution in [0.1, 0.15) is 33.3 Å². The summed E-state index contributed by atoms with van der Waals surface area (Å²) in [5.41, 5.74) is -0.834. The molecule has 0 amide bonds. The Balaban J connectivity index is 2.44. The summed E-state index contributed by atoms with van der Waals surface area (Å²) in [4.78, 5) is 0. The van der Waals surface area contributed by atoms with Gasteiger partial charge < -0.3 is 4.43 Å². The highest BCUT2D eigenvalue weighted by Crippen LogP contribution is 2.68. The van der Waals surface area contributed by atoms with Gasteiger partial charge in [0.25, 0.3) is 5.92 Å². The van der Waals surface area contributed by atoms with Gasteiger partial charge in [-0.3, -0.25) is 0 Å². The molecule has 1 fully saturated rings. The maximum absolute atomic E-state index is 14.3. The van der Waals surface area contributed by atoms with Crippen molar-refractivity contribution < 1.29 is 13.2 Å². The van der Waals surface area contributed by atoms with Crippen LogP contribution in [-0.2, 0) is 10.0 Å². The quantitative estimate of drug-likeness (QED) is 0.698. The van der Waals surface area contributed by atoms with Gasteiger partial charge in [0.2, 0.25) is 0 Å². The lowest BCUT2D eigenvalue weighted by atomic mass is 10.1. The molecule has 112 valence electrons. The second kappa shape index (κ2) is 4.37. The van der Waals surface area contributed by atoms with E-state index in [1.165, 1.54) is 0 Å². The zero-order valence-electron chi connectivity index (χ0n) is 13.1. The number of hydrogen-bond acceptors (Lipinski definition) is 1. The fourth-order valence-electron chi connectivity index (χ4n) is 2.44. The van der Waals surface area contributed by atoms with Gasteiger partial charge in [0.15, 0.2) is 13.9 Å². The number of hydrogen-bond donors (Lipinski definition) is 0. The van der Waals surface area contributed by atoms with Crippen LogP contribution in [-0.4, -0.2) is 14.2 Å². The summed E-state index contributed by atoms with van der Waals surface area (Å²) in [6, 6.07) is 8.95. The Morgan fingerprint density at radius 2 is 1.55 bits per heavy atom. The first-order chi connectivity index (χ1) is 8.97. The van der Waals surface area contributed by atoms with Crippen molar-refractivity contribution in [2.45, 2.75) is 57.4 Å². The van der Waals surface area contributed by atoms with Gasteiger partial charge in [-0.1, -0.05) is 58.0 Å². The molecule has 0 bridgehead atoms. The van der Waals surface area contributed by atoms with Crippen LogP contribution in [0.2, 0.25) is 18.1 Å². The second-order valence-corrected chi connectivity index (χ2v) is 12.0. The van der Waals surface area contributed by atoms with Crippen molar-refractivity contribution in [2.24, 2.45) is 5.92 Å². The zero-order chi connectivity index (χ0) is 15.4. The van der Waals surface area contributed by atoms with Crippen LogP contribution in [0.4, 0.5) is 8.78 Å². The summed E-state index contributed by atoms with van der Waals surface area (Å²) >= 11 is 0. The van der Waals surface area contributed by atoms with Crippen LogP contribution in [0.3, 0.4) is 0 Å². The largest absolute Gasteiger partial charge is 0.401 e. The Hall–Kier alpha value is -0.743. The summed E-state index contributed by atoms with van der Waals surface area (Å²) in [5.74, 6) is -3.56. The number of benzene rings is 1. The van der Waals surface area contributed by atoms with E-state index in [4.69, 9.17) is 4.43 Å². The highest BCUT2D eigenvalue weighted by Gasteiger charge is 2.81. The first kappa shape index (κ1) is 15.6. The Morgan fingerprint density at radius 3 is 1.90 bits per heavy atom. The van der Waals surface area contributed by atoms with E-state index >= 15 is 0 Å². The molecular weight excluding hydrogens is 274 g/mol. The van der Waals surface area contributed by atoms with Crippen LogP contribution < -0.4 is 0 Å². The van der Waals surface area contributed by atoms with Crippen molar-refractivity contribution >= 4 is 8.32 Å². The van der Waals surface area contributed by atoms with Crippen LogP contribution in [0.25, 0.3) is 0 Å². The van der Waals surface area contributed by atoms with Crippen molar-refractivity contribution in [2.75, 3.05) is 0 Å². The van der Waals surface area contributed by atoms with Crippen molar-refractivity contribution in [1.82, 2.24) is 0 Å². The van der Waals surface area contributed by atoms with Gasteiger partial charge in [0, 0.05) is 0 Å². The lowest BCUT2D eigenvalue weighted by Crippen LogP contribution is -2.45. The highest BCUT2D eigenvalue weighted by atomic mass is 28.4. The standard InChI is InChI=1S/C16H24F2OSi/c1-12-15(16(12,17)18,13-10-8-7-9-11-13)19-20(5,6)14(2,3)4/h7-12H,1-6H3. The molecule has 20 heavy (non-hydrogen) atoms. The molecule has 0 N–H and O–H groups in total. The van der Waals surface area contributed by atoms with Gasteiger partial charge in [-0.15, -0.1) is 0 Å². The van der Waals surface area contributed by atoms with Gasteiger partial charge in [0.1, 0.15) is 0 Å². The van der Waals surface area contributed by atoms with E-state index in [9.17, 15) is 8.78 Å². The van der Waals surface area contributed by atoms with Gasteiger partial charge in [-0.2, -0.15) is 0 Å². The number of halogens is 2. The Labute approximate surface area is 121 Å². The fraction of sp³-hybridized carbons (Fsp3) is 0.625. The van der Waals surface area contributed by atoms with Crippen LogP contribution >= 0.6 is 0 Å². The summed E-state index contributed by atoms with van der Waals surface area (Å²) in [7, 11) is -2.27. The molecule has 0 spiro atoms. The third-order valence-corrected chi connectivity index (χ3v) is 9.44. The van der Waals surface area contributed by atoms with E-state index in [0.717, 1.165) is 0 Å². The van der Waals surface area contributed by atoms with E-state index in [0.29, 0.717) is 5.56 Å². The SMILES string of the molecule is CC1C(F)(F)C1(O[Si](C)(C)C(C)(C)C)c1ccccc1. The molecule has 1 saturated carbocycles. The first-order valence-corrected chi connectivity index (χ1v) is 10.0. The maximum atomic E-state index is 14.3. The van der Waals surface area contributed by atoms with Crippen molar-refractivity contribution in [3.05, 3.63) is 35.9 Å². The molecule has 0 heterocycles. The zero-order valence-corrected chi connectivity index (χ0v) is 14.1. The van der Waals surface area contributed by atoms with Gasteiger partial charge in [-0.05, 0) is 23.7 Å². The summed E-state index contributed by atoms with van der Waals surface area (Å²) < 4.78 is 34.9. The summed E-state index contributed by atoms with van der Waals surface area (Å²) in [6.07, 6.45) is 0. The van der Waals surface area contributed by atoms with Crippen molar-refractivity contribution in [3.63, 3.8) is 0 Å². The van der Waals surface area contributed by atoms with Gasteiger partial charge >= 0.3 is 0 Å². The Bertz CT molecular complexity index is 493. The minimum absolute atomic E-state index is 0.0901. The molecule has 2 unspecified atom stereocenters. The molecule has 0 saturated heterocycles. The molecule has 2 rings (SSSR count). The van der Waals surface area contributed by atoms with Gasteiger partial charge in [0.05, 0.1) is 5.92 Å². The van der Waals surface area contributed by atoms with Crippen LogP contribution in [0, 0.1) is 5.92 Å². The minimum atomic E-state index is -2.79. The molecule has 0 radical (unpaired) electrons. The first-order valence-electron chi connectivity index (χ1n) is 7.10. The topological polar surface area (TPSA) is 9.23 Å². The molecule has 4 heteroatoms. The molecular formula is C16H24F2OSi. The smallest absolute Gasteiger partial charge is 0.285 e. The normalized spacial score (nSPS) is 29.3. The van der Waals surface area contributed by atoms with E-state index in [1.54, 1.807) is 31.2 Å².